The van der Waals surface area contributed by atoms with Crippen molar-refractivity contribution in [3.05, 3.63) is 39.8 Å². The maximum atomic E-state index is 12.2. The van der Waals surface area contributed by atoms with Gasteiger partial charge in [0.05, 0.1) is 4.91 Å². The fraction of sp³-hybridized carbons (Fsp3) is 0.450. The van der Waals surface area contributed by atoms with E-state index in [4.69, 9.17) is 11.6 Å². The fourth-order valence-electron chi connectivity index (χ4n) is 4.37. The lowest BCUT2D eigenvalue weighted by Crippen LogP contribution is -2.32. The van der Waals surface area contributed by atoms with Gasteiger partial charge in [0.1, 0.15) is 0 Å². The van der Waals surface area contributed by atoms with Crippen molar-refractivity contribution in [1.82, 2.24) is 5.32 Å². The highest BCUT2D eigenvalue weighted by molar-refractivity contribution is 8.18. The molecule has 6 heteroatoms. The highest BCUT2D eigenvalue weighted by Gasteiger charge is 2.60. The van der Waals surface area contributed by atoms with Crippen molar-refractivity contribution in [3.63, 3.8) is 0 Å². The van der Waals surface area contributed by atoms with Crippen LogP contribution in [0.15, 0.2) is 39.4 Å². The van der Waals surface area contributed by atoms with Crippen LogP contribution in [0.1, 0.15) is 45.6 Å². The SMILES string of the molecule is CC1(C)[C@@H]2CC[C@@]1(C)/C(=N\N=C1/NC(=O)/C(=C\c3ccc(Cl)cc3)S1)C2. The summed E-state index contributed by atoms with van der Waals surface area (Å²) < 4.78 is 0. The van der Waals surface area contributed by atoms with Gasteiger partial charge >= 0.3 is 0 Å². The molecular formula is C20H22ClN3OS. The van der Waals surface area contributed by atoms with Crippen LogP contribution in [0, 0.1) is 16.7 Å². The molecule has 0 aromatic heterocycles. The van der Waals surface area contributed by atoms with E-state index in [0.29, 0.717) is 21.0 Å². The molecular weight excluding hydrogens is 366 g/mol. The van der Waals surface area contributed by atoms with Crippen LogP contribution in [-0.4, -0.2) is 16.8 Å². The van der Waals surface area contributed by atoms with Crippen LogP contribution >= 0.6 is 23.4 Å². The summed E-state index contributed by atoms with van der Waals surface area (Å²) >= 11 is 7.23. The van der Waals surface area contributed by atoms with Crippen molar-refractivity contribution in [2.24, 2.45) is 27.0 Å². The topological polar surface area (TPSA) is 53.8 Å². The Morgan fingerprint density at radius 2 is 1.96 bits per heavy atom. The van der Waals surface area contributed by atoms with Crippen LogP contribution in [0.5, 0.6) is 0 Å². The third-order valence-electron chi connectivity index (χ3n) is 6.59. The normalized spacial score (nSPS) is 34.2. The lowest BCUT2D eigenvalue weighted by atomic mass is 9.70. The minimum atomic E-state index is -0.136. The number of rotatable bonds is 2. The van der Waals surface area contributed by atoms with Crippen molar-refractivity contribution < 1.29 is 4.79 Å². The number of nitrogens with one attached hydrogen (secondary N) is 1. The van der Waals surface area contributed by atoms with Crippen molar-refractivity contribution in [1.29, 1.82) is 0 Å². The molecule has 0 unspecified atom stereocenters. The van der Waals surface area contributed by atoms with Crippen molar-refractivity contribution in [2.45, 2.75) is 40.0 Å². The third kappa shape index (κ3) is 2.81. The smallest absolute Gasteiger partial charge is 0.264 e. The molecule has 1 aromatic carbocycles. The van der Waals surface area contributed by atoms with Crippen LogP contribution < -0.4 is 5.32 Å². The summed E-state index contributed by atoms with van der Waals surface area (Å²) in [5.74, 6) is 0.556. The highest BCUT2D eigenvalue weighted by atomic mass is 35.5. The summed E-state index contributed by atoms with van der Waals surface area (Å²) in [5.41, 5.74) is 2.51. The zero-order valence-electron chi connectivity index (χ0n) is 15.2. The molecule has 1 heterocycles. The monoisotopic (exact) mass is 387 g/mol. The van der Waals surface area contributed by atoms with E-state index in [1.165, 1.54) is 30.3 Å². The second-order valence-corrected chi connectivity index (χ2v) is 9.53. The van der Waals surface area contributed by atoms with Gasteiger partial charge in [-0.15, -0.1) is 5.10 Å². The van der Waals surface area contributed by atoms with Gasteiger partial charge in [0.25, 0.3) is 5.91 Å². The van der Waals surface area contributed by atoms with E-state index in [0.717, 1.165) is 12.0 Å². The van der Waals surface area contributed by atoms with Gasteiger partial charge in [0.15, 0.2) is 5.17 Å². The lowest BCUT2D eigenvalue weighted by Gasteiger charge is -2.34. The maximum Gasteiger partial charge on any atom is 0.264 e. The molecule has 3 aliphatic rings. The minimum Gasteiger partial charge on any atom is -0.299 e. The molecule has 4 rings (SSSR count). The van der Waals surface area contributed by atoms with Crippen molar-refractivity contribution >= 4 is 46.2 Å². The zero-order valence-corrected chi connectivity index (χ0v) is 16.7. The Balaban J connectivity index is 1.53. The Morgan fingerprint density at radius 1 is 1.23 bits per heavy atom. The van der Waals surface area contributed by atoms with Gasteiger partial charge in [0, 0.05) is 16.1 Å². The maximum absolute atomic E-state index is 12.2. The van der Waals surface area contributed by atoms with Crippen LogP contribution in [0.4, 0.5) is 0 Å². The number of hydrogen-bond acceptors (Lipinski definition) is 4. The molecule has 2 atom stereocenters. The average molecular weight is 388 g/mol. The molecule has 1 amide bonds. The first kappa shape index (κ1) is 17.8. The van der Waals surface area contributed by atoms with Crippen LogP contribution in [0.2, 0.25) is 5.02 Å². The number of amidine groups is 1. The summed E-state index contributed by atoms with van der Waals surface area (Å²) in [5, 5.41) is 13.0. The van der Waals surface area contributed by atoms with E-state index in [2.05, 4.69) is 36.3 Å². The molecule has 2 saturated carbocycles. The molecule has 1 aliphatic heterocycles. The predicted molar refractivity (Wildman–Crippen MR) is 109 cm³/mol. The number of benzene rings is 1. The molecule has 1 N–H and O–H groups in total. The zero-order chi connectivity index (χ0) is 18.5. The number of amides is 1. The summed E-state index contributed by atoms with van der Waals surface area (Å²) in [4.78, 5) is 12.8. The van der Waals surface area contributed by atoms with Gasteiger partial charge in [-0.3, -0.25) is 10.1 Å². The standard InChI is InChI=1S/C20H22ClN3OS/c1-19(2)13-8-9-20(19,3)16(11-13)23-24-18-22-17(25)15(26-18)10-12-4-6-14(21)7-5-12/h4-7,10,13H,8-9,11H2,1-3H3,(H,22,24,25)/b15-10+,23-16-/t13-,20+/m1/s1. The van der Waals surface area contributed by atoms with Gasteiger partial charge in [-0.05, 0) is 66.1 Å². The third-order valence-corrected chi connectivity index (χ3v) is 7.74. The van der Waals surface area contributed by atoms with Gasteiger partial charge < -0.3 is 0 Å². The first-order valence-electron chi connectivity index (χ1n) is 8.91. The second kappa shape index (κ2) is 6.24. The molecule has 4 nitrogen and oxygen atoms in total. The Hall–Kier alpha value is -1.59. The van der Waals surface area contributed by atoms with Crippen LogP contribution in [0.3, 0.4) is 0 Å². The molecule has 0 spiro atoms. The molecule has 0 radical (unpaired) electrons. The molecule has 2 aliphatic carbocycles. The van der Waals surface area contributed by atoms with Gasteiger partial charge in [-0.2, -0.15) is 5.10 Å². The molecule has 1 aromatic rings. The summed E-state index contributed by atoms with van der Waals surface area (Å²) in [6.07, 6.45) is 5.31. The number of fused-ring (bicyclic) bond motifs is 2. The van der Waals surface area contributed by atoms with Crippen molar-refractivity contribution in [2.75, 3.05) is 0 Å². The molecule has 26 heavy (non-hydrogen) atoms. The van der Waals surface area contributed by atoms with E-state index in [9.17, 15) is 4.79 Å². The van der Waals surface area contributed by atoms with Crippen molar-refractivity contribution in [3.8, 4) is 0 Å². The largest absolute Gasteiger partial charge is 0.299 e. The second-order valence-electron chi connectivity index (χ2n) is 8.06. The van der Waals surface area contributed by atoms with Gasteiger partial charge in [-0.1, -0.05) is 44.5 Å². The van der Waals surface area contributed by atoms with Gasteiger partial charge in [-0.25, -0.2) is 0 Å². The van der Waals surface area contributed by atoms with E-state index < -0.39 is 0 Å². The Kier molecular flexibility index (Phi) is 4.27. The number of hydrogen-bond donors (Lipinski definition) is 1. The van der Waals surface area contributed by atoms with Crippen LogP contribution in [0.25, 0.3) is 6.08 Å². The average Bonchev–Trinajstić information content (AvgIpc) is 3.12. The number of carbonyl (C=O) groups is 1. The first-order valence-corrected chi connectivity index (χ1v) is 10.1. The van der Waals surface area contributed by atoms with E-state index in [1.807, 2.05) is 30.3 Å². The first-order chi connectivity index (χ1) is 12.3. The summed E-state index contributed by atoms with van der Waals surface area (Å²) in [7, 11) is 0. The number of carbonyl (C=O) groups excluding carboxylic acids is 1. The predicted octanol–water partition coefficient (Wildman–Crippen LogP) is 5.10. The fourth-order valence-corrected chi connectivity index (χ4v) is 5.27. The van der Waals surface area contributed by atoms with Crippen LogP contribution in [-0.2, 0) is 4.79 Å². The Morgan fingerprint density at radius 3 is 2.58 bits per heavy atom. The molecule has 136 valence electrons. The molecule has 3 fully saturated rings. The van der Waals surface area contributed by atoms with E-state index >= 15 is 0 Å². The lowest BCUT2D eigenvalue weighted by molar-refractivity contribution is -0.115. The molecule has 2 bridgehead atoms. The van der Waals surface area contributed by atoms with E-state index in [1.54, 1.807) is 0 Å². The number of halogens is 1. The quantitative estimate of drug-likeness (QED) is 0.566. The number of thioether (sulfide) groups is 1. The van der Waals surface area contributed by atoms with E-state index in [-0.39, 0.29) is 16.7 Å². The Bertz CT molecular complexity index is 856. The summed E-state index contributed by atoms with van der Waals surface area (Å²) in [6, 6.07) is 7.39. The summed E-state index contributed by atoms with van der Waals surface area (Å²) in [6.45, 7) is 7.00. The minimum absolute atomic E-state index is 0.122. The number of nitrogens with zero attached hydrogens (tertiary/aromatic N) is 2. The highest BCUT2D eigenvalue weighted by Crippen LogP contribution is 2.64. The van der Waals surface area contributed by atoms with Gasteiger partial charge in [0.2, 0.25) is 0 Å². The Labute approximate surface area is 163 Å². The molecule has 1 saturated heterocycles.